The van der Waals surface area contributed by atoms with Crippen molar-refractivity contribution in [1.29, 1.82) is 0 Å². The van der Waals surface area contributed by atoms with Crippen LogP contribution in [0.2, 0.25) is 0 Å². The van der Waals surface area contributed by atoms with Gasteiger partial charge >= 0.3 is 5.97 Å². The van der Waals surface area contributed by atoms with E-state index in [4.69, 9.17) is 23.5 Å². The van der Waals surface area contributed by atoms with Crippen molar-refractivity contribution in [3.63, 3.8) is 0 Å². The van der Waals surface area contributed by atoms with Crippen molar-refractivity contribution in [2.24, 2.45) is 0 Å². The molecular formula is C19H16BrFN2O6. The number of ether oxygens (including phenoxy) is 4. The second kappa shape index (κ2) is 9.37. The summed E-state index contributed by atoms with van der Waals surface area (Å²) in [6.45, 7) is -0.201. The van der Waals surface area contributed by atoms with Gasteiger partial charge in [-0.1, -0.05) is 5.16 Å². The highest BCUT2D eigenvalue weighted by Crippen LogP contribution is 2.35. The van der Waals surface area contributed by atoms with Gasteiger partial charge in [0.1, 0.15) is 27.5 Å². The Bertz CT molecular complexity index is 968. The molecule has 0 spiro atoms. The Morgan fingerprint density at radius 1 is 1.10 bits per heavy atom. The van der Waals surface area contributed by atoms with E-state index >= 15 is 0 Å². The van der Waals surface area contributed by atoms with Crippen LogP contribution in [0.5, 0.6) is 17.2 Å². The molecule has 0 saturated heterocycles. The Balaban J connectivity index is 1.58. The van der Waals surface area contributed by atoms with Gasteiger partial charge in [-0.3, -0.25) is 0 Å². The topological polar surface area (TPSA) is 92.9 Å². The van der Waals surface area contributed by atoms with Crippen molar-refractivity contribution >= 4 is 21.9 Å². The fraction of sp³-hybridized carbons (Fsp3) is 0.211. The number of hydrogen-bond donors (Lipinski definition) is 0. The largest absolute Gasteiger partial charge is 0.495 e. The first kappa shape index (κ1) is 20.6. The number of benzene rings is 2. The van der Waals surface area contributed by atoms with Gasteiger partial charge in [0.05, 0.1) is 19.8 Å². The van der Waals surface area contributed by atoms with Gasteiger partial charge in [-0.25, -0.2) is 9.18 Å². The van der Waals surface area contributed by atoms with Gasteiger partial charge in [0.25, 0.3) is 5.89 Å². The fourth-order valence-corrected chi connectivity index (χ4v) is 2.84. The van der Waals surface area contributed by atoms with Crippen LogP contribution in [0.3, 0.4) is 0 Å². The molecule has 152 valence electrons. The maximum atomic E-state index is 12.9. The Morgan fingerprint density at radius 3 is 2.38 bits per heavy atom. The third-order valence-corrected chi connectivity index (χ3v) is 4.48. The molecule has 0 bridgehead atoms. The quantitative estimate of drug-likeness (QED) is 0.461. The summed E-state index contributed by atoms with van der Waals surface area (Å²) in [5.41, 5.74) is 0.237. The molecule has 0 amide bonds. The van der Waals surface area contributed by atoms with E-state index < -0.39 is 5.97 Å². The average molecular weight is 467 g/mol. The zero-order valence-corrected chi connectivity index (χ0v) is 17.1. The van der Waals surface area contributed by atoms with Crippen LogP contribution >= 0.6 is 15.9 Å². The summed E-state index contributed by atoms with van der Waals surface area (Å²) >= 11 is 3.33. The van der Waals surface area contributed by atoms with E-state index in [2.05, 4.69) is 26.1 Å². The second-order valence-corrected chi connectivity index (χ2v) is 6.41. The Hall–Kier alpha value is -3.14. The average Bonchev–Trinajstić information content (AvgIpc) is 3.19. The summed E-state index contributed by atoms with van der Waals surface area (Å²) in [6.07, 6.45) is 0. The molecule has 8 nitrogen and oxygen atoms in total. The van der Waals surface area contributed by atoms with Crippen LogP contribution < -0.4 is 14.2 Å². The van der Waals surface area contributed by atoms with Crippen LogP contribution in [0.1, 0.15) is 22.1 Å². The smallest absolute Gasteiger partial charge is 0.338 e. The molecule has 1 heterocycles. The number of aromatic nitrogens is 2. The van der Waals surface area contributed by atoms with Crippen molar-refractivity contribution in [3.05, 3.63) is 64.0 Å². The van der Waals surface area contributed by atoms with Crippen LogP contribution in [0.15, 0.2) is 45.4 Å². The third-order valence-electron chi connectivity index (χ3n) is 3.70. The lowest BCUT2D eigenvalue weighted by atomic mass is 10.2. The number of carbonyl (C=O) groups excluding carboxylic acids is 1. The van der Waals surface area contributed by atoms with Gasteiger partial charge in [-0.2, -0.15) is 4.98 Å². The van der Waals surface area contributed by atoms with Crippen molar-refractivity contribution in [2.75, 3.05) is 14.2 Å². The van der Waals surface area contributed by atoms with Gasteiger partial charge in [-0.05, 0) is 52.3 Å². The fourth-order valence-electron chi connectivity index (χ4n) is 2.28. The van der Waals surface area contributed by atoms with Gasteiger partial charge in [0.15, 0.2) is 13.2 Å². The maximum Gasteiger partial charge on any atom is 0.338 e. The van der Waals surface area contributed by atoms with Crippen molar-refractivity contribution in [2.45, 2.75) is 13.2 Å². The Labute approximate surface area is 173 Å². The minimum absolute atomic E-state index is 0.0180. The molecule has 0 N–H and O–H groups in total. The molecule has 0 saturated carbocycles. The van der Waals surface area contributed by atoms with Crippen LogP contribution in [0.4, 0.5) is 4.39 Å². The molecule has 29 heavy (non-hydrogen) atoms. The normalized spacial score (nSPS) is 10.5. The third kappa shape index (κ3) is 5.23. The molecule has 2 aromatic carbocycles. The molecule has 0 atom stereocenters. The summed E-state index contributed by atoms with van der Waals surface area (Å²) in [5.74, 6) is 0.698. The maximum absolute atomic E-state index is 12.9. The van der Waals surface area contributed by atoms with Gasteiger partial charge in [-0.15, -0.1) is 0 Å². The summed E-state index contributed by atoms with van der Waals surface area (Å²) in [5, 5.41) is 3.74. The van der Waals surface area contributed by atoms with Crippen LogP contribution in [0, 0.1) is 5.82 Å². The summed E-state index contributed by atoms with van der Waals surface area (Å²) < 4.78 is 39.5. The molecule has 0 aliphatic rings. The minimum atomic E-state index is -0.614. The molecule has 0 unspecified atom stereocenters. The summed E-state index contributed by atoms with van der Waals surface area (Å²) in [7, 11) is 2.95. The summed E-state index contributed by atoms with van der Waals surface area (Å²) in [4.78, 5) is 16.4. The number of halogens is 2. The molecule has 0 fully saturated rings. The van der Waals surface area contributed by atoms with Crippen LogP contribution in [-0.4, -0.2) is 30.3 Å². The highest BCUT2D eigenvalue weighted by atomic mass is 79.9. The van der Waals surface area contributed by atoms with Crippen LogP contribution in [0.25, 0.3) is 0 Å². The molecular weight excluding hydrogens is 451 g/mol. The first-order valence-electron chi connectivity index (χ1n) is 8.28. The molecule has 0 aliphatic heterocycles. The van der Waals surface area contributed by atoms with Gasteiger partial charge in [0.2, 0.25) is 5.82 Å². The lowest BCUT2D eigenvalue weighted by Gasteiger charge is -2.10. The summed E-state index contributed by atoms with van der Waals surface area (Å²) in [6, 6.07) is 8.57. The lowest BCUT2D eigenvalue weighted by Crippen LogP contribution is -2.07. The molecule has 0 radical (unpaired) electrons. The predicted octanol–water partition coefficient (Wildman–Crippen LogP) is 3.92. The Kier molecular flexibility index (Phi) is 6.65. The van der Waals surface area contributed by atoms with Crippen molar-refractivity contribution in [3.8, 4) is 17.2 Å². The monoisotopic (exact) mass is 466 g/mol. The zero-order chi connectivity index (χ0) is 20.8. The SMILES string of the molecule is COc1cc(C(=O)OCc2nc(COc3ccc(F)cc3)no2)cc(OC)c1Br. The molecule has 1 aromatic heterocycles. The van der Waals surface area contributed by atoms with E-state index in [1.165, 1.54) is 50.6 Å². The molecule has 3 aromatic rings. The second-order valence-electron chi connectivity index (χ2n) is 5.62. The van der Waals surface area contributed by atoms with Crippen LogP contribution in [-0.2, 0) is 18.0 Å². The Morgan fingerprint density at radius 2 is 1.76 bits per heavy atom. The van der Waals surface area contributed by atoms with E-state index in [0.29, 0.717) is 21.7 Å². The number of nitrogens with zero attached hydrogens (tertiary/aromatic N) is 2. The van der Waals surface area contributed by atoms with Crippen molar-refractivity contribution < 1.29 is 32.7 Å². The standard InChI is InChI=1S/C19H16BrFN2O6/c1-25-14-7-11(8-15(26-2)18(14)20)19(24)28-10-17-22-16(23-29-17)9-27-13-5-3-12(21)4-6-13/h3-8H,9-10H2,1-2H3. The van der Waals surface area contributed by atoms with Gasteiger partial charge in [0, 0.05) is 0 Å². The number of esters is 1. The number of methoxy groups -OCH3 is 2. The predicted molar refractivity (Wildman–Crippen MR) is 101 cm³/mol. The number of hydrogen-bond acceptors (Lipinski definition) is 8. The number of carbonyl (C=O) groups is 1. The van der Waals surface area contributed by atoms with E-state index in [1.54, 1.807) is 0 Å². The molecule has 10 heteroatoms. The number of rotatable bonds is 8. The first-order chi connectivity index (χ1) is 14.0. The van der Waals surface area contributed by atoms with E-state index in [1.807, 2.05) is 0 Å². The first-order valence-corrected chi connectivity index (χ1v) is 9.08. The zero-order valence-electron chi connectivity index (χ0n) is 15.5. The highest BCUT2D eigenvalue weighted by molar-refractivity contribution is 9.10. The van der Waals surface area contributed by atoms with E-state index in [-0.39, 0.29) is 36.3 Å². The van der Waals surface area contributed by atoms with E-state index in [0.717, 1.165) is 0 Å². The minimum Gasteiger partial charge on any atom is -0.495 e. The van der Waals surface area contributed by atoms with Gasteiger partial charge < -0.3 is 23.5 Å². The molecule has 0 aliphatic carbocycles. The van der Waals surface area contributed by atoms with E-state index in [9.17, 15) is 9.18 Å². The lowest BCUT2D eigenvalue weighted by molar-refractivity contribution is 0.0429. The van der Waals surface area contributed by atoms with Crippen molar-refractivity contribution in [1.82, 2.24) is 10.1 Å². The molecule has 3 rings (SSSR count). The highest BCUT2D eigenvalue weighted by Gasteiger charge is 2.17.